The van der Waals surface area contributed by atoms with Crippen LogP contribution >= 0.6 is 0 Å². The summed E-state index contributed by atoms with van der Waals surface area (Å²) in [5.41, 5.74) is 7.91. The number of nitrogens with one attached hydrogen (secondary N) is 1. The van der Waals surface area contributed by atoms with E-state index in [4.69, 9.17) is 5.73 Å². The van der Waals surface area contributed by atoms with Crippen molar-refractivity contribution in [2.45, 2.75) is 26.8 Å². The van der Waals surface area contributed by atoms with E-state index in [0.29, 0.717) is 5.41 Å². The van der Waals surface area contributed by atoms with Gasteiger partial charge in [0.2, 0.25) is 0 Å². The minimum Gasteiger partial charge on any atom is -0.397 e. The van der Waals surface area contributed by atoms with E-state index in [1.54, 1.807) is 6.20 Å². The van der Waals surface area contributed by atoms with E-state index >= 15 is 0 Å². The molecule has 0 spiro atoms. The minimum absolute atomic E-state index is 0.557. The van der Waals surface area contributed by atoms with Crippen LogP contribution in [0.2, 0.25) is 0 Å². The SMILES string of the molecule is CC1(C)CC1CNCc1ccc(N)cn1. The molecule has 1 saturated carbocycles. The summed E-state index contributed by atoms with van der Waals surface area (Å²) in [6.45, 7) is 6.58. The number of hydrogen-bond donors (Lipinski definition) is 2. The molecule has 3 N–H and O–H groups in total. The highest BCUT2D eigenvalue weighted by Gasteiger charge is 2.44. The van der Waals surface area contributed by atoms with Crippen LogP contribution in [0.3, 0.4) is 0 Å². The van der Waals surface area contributed by atoms with Crippen LogP contribution in [0.1, 0.15) is 26.0 Å². The maximum Gasteiger partial charge on any atom is 0.0543 e. The number of rotatable bonds is 4. The van der Waals surface area contributed by atoms with Gasteiger partial charge in [0.15, 0.2) is 0 Å². The Morgan fingerprint density at radius 2 is 2.27 bits per heavy atom. The molecule has 0 saturated heterocycles. The Morgan fingerprint density at radius 1 is 1.53 bits per heavy atom. The highest BCUT2D eigenvalue weighted by Crippen LogP contribution is 2.50. The molecule has 1 aliphatic rings. The number of nitrogens with two attached hydrogens (primary N) is 1. The Balaban J connectivity index is 1.72. The smallest absolute Gasteiger partial charge is 0.0543 e. The van der Waals surface area contributed by atoms with Crippen LogP contribution in [-0.2, 0) is 6.54 Å². The molecular weight excluding hydrogens is 186 g/mol. The summed E-state index contributed by atoms with van der Waals surface area (Å²) in [6, 6.07) is 3.87. The van der Waals surface area contributed by atoms with Crippen molar-refractivity contribution in [3.05, 3.63) is 24.0 Å². The fourth-order valence-electron chi connectivity index (χ4n) is 1.84. The van der Waals surface area contributed by atoms with E-state index < -0.39 is 0 Å². The molecule has 1 aromatic heterocycles. The molecule has 0 amide bonds. The Labute approximate surface area is 91.1 Å². The zero-order valence-electron chi connectivity index (χ0n) is 9.46. The molecule has 1 atom stereocenters. The largest absolute Gasteiger partial charge is 0.397 e. The molecule has 1 aliphatic carbocycles. The molecule has 1 unspecified atom stereocenters. The second-order valence-electron chi connectivity index (χ2n) is 5.10. The molecule has 0 radical (unpaired) electrons. The Bertz CT molecular complexity index is 329. The van der Waals surface area contributed by atoms with Crippen LogP contribution in [-0.4, -0.2) is 11.5 Å². The van der Waals surface area contributed by atoms with Crippen LogP contribution in [0.5, 0.6) is 0 Å². The molecule has 1 fully saturated rings. The second kappa shape index (κ2) is 3.81. The van der Waals surface area contributed by atoms with E-state index in [2.05, 4.69) is 24.1 Å². The number of hydrogen-bond acceptors (Lipinski definition) is 3. The van der Waals surface area contributed by atoms with Crippen molar-refractivity contribution < 1.29 is 0 Å². The van der Waals surface area contributed by atoms with Crippen molar-refractivity contribution in [3.8, 4) is 0 Å². The van der Waals surface area contributed by atoms with E-state index in [9.17, 15) is 0 Å². The van der Waals surface area contributed by atoms with Crippen LogP contribution in [0.25, 0.3) is 0 Å². The number of aromatic nitrogens is 1. The first-order valence-corrected chi connectivity index (χ1v) is 5.49. The minimum atomic E-state index is 0.557. The Hall–Kier alpha value is -1.09. The molecule has 0 bridgehead atoms. The molecule has 0 aromatic carbocycles. The predicted octanol–water partition coefficient (Wildman–Crippen LogP) is 1.80. The van der Waals surface area contributed by atoms with Gasteiger partial charge >= 0.3 is 0 Å². The van der Waals surface area contributed by atoms with Crippen molar-refractivity contribution in [1.82, 2.24) is 10.3 Å². The predicted molar refractivity (Wildman–Crippen MR) is 62.2 cm³/mol. The van der Waals surface area contributed by atoms with Gasteiger partial charge in [-0.2, -0.15) is 0 Å². The average molecular weight is 205 g/mol. The summed E-state index contributed by atoms with van der Waals surface area (Å²) in [7, 11) is 0. The van der Waals surface area contributed by atoms with Gasteiger partial charge in [0, 0.05) is 6.54 Å². The van der Waals surface area contributed by atoms with Crippen LogP contribution in [0.4, 0.5) is 5.69 Å². The average Bonchev–Trinajstić information content (AvgIpc) is 2.78. The third kappa shape index (κ3) is 2.69. The number of anilines is 1. The first-order valence-electron chi connectivity index (χ1n) is 5.49. The van der Waals surface area contributed by atoms with Gasteiger partial charge in [-0.15, -0.1) is 0 Å². The monoisotopic (exact) mass is 205 g/mol. The maximum absolute atomic E-state index is 5.57. The molecule has 1 heterocycles. The van der Waals surface area contributed by atoms with Gasteiger partial charge in [-0.05, 0) is 36.4 Å². The van der Waals surface area contributed by atoms with Gasteiger partial charge in [-0.1, -0.05) is 13.8 Å². The molecule has 0 aliphatic heterocycles. The second-order valence-corrected chi connectivity index (χ2v) is 5.10. The van der Waals surface area contributed by atoms with Crippen LogP contribution < -0.4 is 11.1 Å². The lowest BCUT2D eigenvalue weighted by Crippen LogP contribution is -2.18. The quantitative estimate of drug-likeness (QED) is 0.788. The van der Waals surface area contributed by atoms with E-state index in [1.165, 1.54) is 6.42 Å². The molecular formula is C12H19N3. The normalized spacial score (nSPS) is 22.7. The molecule has 15 heavy (non-hydrogen) atoms. The molecule has 3 nitrogen and oxygen atoms in total. The van der Waals surface area contributed by atoms with Gasteiger partial charge in [0.05, 0.1) is 17.6 Å². The van der Waals surface area contributed by atoms with Gasteiger partial charge in [-0.25, -0.2) is 0 Å². The van der Waals surface area contributed by atoms with Gasteiger partial charge in [-0.3, -0.25) is 4.98 Å². The summed E-state index contributed by atoms with van der Waals surface area (Å²) in [6.07, 6.45) is 3.05. The summed E-state index contributed by atoms with van der Waals surface area (Å²) < 4.78 is 0. The molecule has 82 valence electrons. The van der Waals surface area contributed by atoms with Gasteiger partial charge in [0.25, 0.3) is 0 Å². The van der Waals surface area contributed by atoms with Crippen molar-refractivity contribution in [2.24, 2.45) is 11.3 Å². The fourth-order valence-corrected chi connectivity index (χ4v) is 1.84. The zero-order chi connectivity index (χ0) is 10.9. The first-order chi connectivity index (χ1) is 7.08. The van der Waals surface area contributed by atoms with Crippen molar-refractivity contribution >= 4 is 5.69 Å². The van der Waals surface area contributed by atoms with Gasteiger partial charge < -0.3 is 11.1 Å². The summed E-state index contributed by atoms with van der Waals surface area (Å²) in [4.78, 5) is 4.24. The third-order valence-corrected chi connectivity index (χ3v) is 3.26. The van der Waals surface area contributed by atoms with E-state index in [1.807, 2.05) is 12.1 Å². The Kier molecular flexibility index (Phi) is 2.65. The fraction of sp³-hybridized carbons (Fsp3) is 0.583. The summed E-state index contributed by atoms with van der Waals surface area (Å²) in [5, 5.41) is 3.44. The van der Waals surface area contributed by atoms with Crippen molar-refractivity contribution in [3.63, 3.8) is 0 Å². The lowest BCUT2D eigenvalue weighted by atomic mass is 10.1. The van der Waals surface area contributed by atoms with E-state index in [-0.39, 0.29) is 0 Å². The standard InChI is InChI=1S/C12H19N3/c1-12(2)5-9(12)6-14-8-11-4-3-10(13)7-15-11/h3-4,7,9,14H,5-6,8,13H2,1-2H3. The molecule has 3 heteroatoms. The number of nitrogen functional groups attached to an aromatic ring is 1. The van der Waals surface area contributed by atoms with Crippen molar-refractivity contribution in [2.75, 3.05) is 12.3 Å². The lowest BCUT2D eigenvalue weighted by molar-refractivity contribution is 0.517. The van der Waals surface area contributed by atoms with Crippen LogP contribution in [0, 0.1) is 11.3 Å². The van der Waals surface area contributed by atoms with Crippen molar-refractivity contribution in [1.29, 1.82) is 0 Å². The van der Waals surface area contributed by atoms with Crippen LogP contribution in [0.15, 0.2) is 18.3 Å². The Morgan fingerprint density at radius 3 is 2.80 bits per heavy atom. The van der Waals surface area contributed by atoms with E-state index in [0.717, 1.165) is 30.4 Å². The lowest BCUT2D eigenvalue weighted by Gasteiger charge is -2.05. The third-order valence-electron chi connectivity index (χ3n) is 3.26. The van der Waals surface area contributed by atoms with Gasteiger partial charge in [0.1, 0.15) is 0 Å². The topological polar surface area (TPSA) is 50.9 Å². The highest BCUT2D eigenvalue weighted by molar-refractivity contribution is 5.34. The zero-order valence-corrected chi connectivity index (χ0v) is 9.46. The molecule has 2 rings (SSSR count). The first kappa shape index (κ1) is 10.4. The number of pyridine rings is 1. The number of nitrogens with zero attached hydrogens (tertiary/aromatic N) is 1. The maximum atomic E-state index is 5.57. The molecule has 1 aromatic rings. The summed E-state index contributed by atoms with van der Waals surface area (Å²) in [5.74, 6) is 0.839. The highest BCUT2D eigenvalue weighted by atomic mass is 14.9. The summed E-state index contributed by atoms with van der Waals surface area (Å²) >= 11 is 0.